The van der Waals surface area contributed by atoms with Crippen molar-refractivity contribution in [2.24, 2.45) is 0 Å². The molecule has 0 fully saturated rings. The lowest BCUT2D eigenvalue weighted by atomic mass is 10.1. The van der Waals surface area contributed by atoms with Crippen molar-refractivity contribution in [3.05, 3.63) is 27.8 Å². The number of phenols is 2. The van der Waals surface area contributed by atoms with Crippen LogP contribution < -0.4 is 0 Å². The van der Waals surface area contributed by atoms with E-state index < -0.39 is 27.7 Å². The van der Waals surface area contributed by atoms with E-state index in [1.807, 2.05) is 0 Å². The first-order valence-electron chi connectivity index (χ1n) is 3.17. The summed E-state index contributed by atoms with van der Waals surface area (Å²) in [5.41, 5.74) is -1.09. The summed E-state index contributed by atoms with van der Waals surface area (Å²) in [5.74, 6) is -1.29. The van der Waals surface area contributed by atoms with Crippen LogP contribution in [0.15, 0.2) is 12.1 Å². The van der Waals surface area contributed by atoms with E-state index >= 15 is 0 Å². The van der Waals surface area contributed by atoms with Crippen molar-refractivity contribution in [2.75, 3.05) is 0 Å². The predicted molar refractivity (Wildman–Crippen MR) is 41.1 cm³/mol. The van der Waals surface area contributed by atoms with Crippen LogP contribution in [0, 0.1) is 21.4 Å². The van der Waals surface area contributed by atoms with Gasteiger partial charge in [0.2, 0.25) is 5.75 Å². The van der Waals surface area contributed by atoms with E-state index in [-0.39, 0.29) is 0 Å². The van der Waals surface area contributed by atoms with Crippen LogP contribution in [0.2, 0.25) is 0 Å². The second kappa shape index (κ2) is 2.98. The summed E-state index contributed by atoms with van der Waals surface area (Å²) in [6, 6.07) is 3.36. The molecule has 0 aliphatic carbocycles. The minimum atomic E-state index is -0.838. The van der Waals surface area contributed by atoms with E-state index in [9.17, 15) is 10.1 Å². The Morgan fingerprint density at radius 2 is 2.08 bits per heavy atom. The van der Waals surface area contributed by atoms with Gasteiger partial charge in [-0.25, -0.2) is 0 Å². The Labute approximate surface area is 72.4 Å². The van der Waals surface area contributed by atoms with Gasteiger partial charge in [0.1, 0.15) is 17.4 Å². The molecule has 6 nitrogen and oxygen atoms in total. The van der Waals surface area contributed by atoms with Crippen LogP contribution in [-0.4, -0.2) is 15.1 Å². The quantitative estimate of drug-likeness (QED) is 0.492. The van der Waals surface area contributed by atoms with Gasteiger partial charge in [0.05, 0.1) is 4.92 Å². The topological polar surface area (TPSA) is 107 Å². The first-order valence-corrected chi connectivity index (χ1v) is 3.17. The van der Waals surface area contributed by atoms with Gasteiger partial charge in [-0.15, -0.1) is 0 Å². The molecule has 0 bridgehead atoms. The fourth-order valence-corrected chi connectivity index (χ4v) is 0.827. The van der Waals surface area contributed by atoms with Gasteiger partial charge in [-0.3, -0.25) is 10.1 Å². The molecule has 66 valence electrons. The standard InChI is InChI=1S/C7H4N2O4/c8-3-4-6(10)2-1-5(7(4)11)9(12)13/h1-2,10-11H. The van der Waals surface area contributed by atoms with E-state index in [1.165, 1.54) is 6.07 Å². The summed E-state index contributed by atoms with van der Waals surface area (Å²) in [5, 5.41) is 36.8. The van der Waals surface area contributed by atoms with Crippen molar-refractivity contribution < 1.29 is 15.1 Å². The van der Waals surface area contributed by atoms with Gasteiger partial charge in [0.25, 0.3) is 0 Å². The van der Waals surface area contributed by atoms with Crippen molar-refractivity contribution in [3.8, 4) is 17.6 Å². The summed E-state index contributed by atoms with van der Waals surface area (Å²) in [6.45, 7) is 0. The zero-order chi connectivity index (χ0) is 10.0. The smallest absolute Gasteiger partial charge is 0.312 e. The molecule has 0 saturated heterocycles. The molecular formula is C7H4N2O4. The molecule has 0 aliphatic heterocycles. The van der Waals surface area contributed by atoms with Crippen LogP contribution >= 0.6 is 0 Å². The first-order chi connectivity index (χ1) is 6.07. The molecule has 0 aromatic heterocycles. The Balaban J connectivity index is 3.47. The number of rotatable bonds is 1. The Kier molecular flexibility index (Phi) is 2.02. The maximum absolute atomic E-state index is 10.3. The van der Waals surface area contributed by atoms with Crippen LogP contribution in [0.25, 0.3) is 0 Å². The zero-order valence-electron chi connectivity index (χ0n) is 6.26. The average Bonchev–Trinajstić information content (AvgIpc) is 2.04. The molecule has 1 aromatic rings. The largest absolute Gasteiger partial charge is 0.506 e. The molecule has 6 heteroatoms. The van der Waals surface area contributed by atoms with E-state index in [4.69, 9.17) is 15.5 Å². The van der Waals surface area contributed by atoms with Gasteiger partial charge in [0.15, 0.2) is 0 Å². The molecule has 0 heterocycles. The molecule has 1 aromatic carbocycles. The van der Waals surface area contributed by atoms with Crippen LogP contribution in [0.4, 0.5) is 5.69 Å². The summed E-state index contributed by atoms with van der Waals surface area (Å²) in [7, 11) is 0. The molecule has 0 atom stereocenters. The van der Waals surface area contributed by atoms with Crippen molar-refractivity contribution in [1.29, 1.82) is 5.26 Å². The lowest BCUT2D eigenvalue weighted by molar-refractivity contribution is -0.385. The molecule has 0 amide bonds. The van der Waals surface area contributed by atoms with Gasteiger partial charge in [0, 0.05) is 6.07 Å². The third-order valence-electron chi connectivity index (χ3n) is 1.44. The second-order valence-corrected chi connectivity index (χ2v) is 2.20. The highest BCUT2D eigenvalue weighted by Gasteiger charge is 2.19. The molecule has 2 N–H and O–H groups in total. The Morgan fingerprint density at radius 3 is 2.54 bits per heavy atom. The van der Waals surface area contributed by atoms with Gasteiger partial charge < -0.3 is 10.2 Å². The number of aromatic hydroxyl groups is 2. The van der Waals surface area contributed by atoms with Crippen LogP contribution in [0.5, 0.6) is 11.5 Å². The maximum atomic E-state index is 10.3. The fourth-order valence-electron chi connectivity index (χ4n) is 0.827. The number of hydrogen-bond donors (Lipinski definition) is 2. The number of nitriles is 1. The molecule has 0 aliphatic rings. The molecule has 0 spiro atoms. The van der Waals surface area contributed by atoms with Gasteiger partial charge >= 0.3 is 5.69 Å². The Morgan fingerprint density at radius 1 is 1.46 bits per heavy atom. The molecule has 0 radical (unpaired) electrons. The summed E-state index contributed by atoms with van der Waals surface area (Å²) in [4.78, 5) is 9.42. The molecule has 0 saturated carbocycles. The number of benzene rings is 1. The zero-order valence-corrected chi connectivity index (χ0v) is 6.26. The van der Waals surface area contributed by atoms with Crippen molar-refractivity contribution in [3.63, 3.8) is 0 Å². The lowest BCUT2D eigenvalue weighted by Crippen LogP contribution is -1.90. The van der Waals surface area contributed by atoms with Crippen LogP contribution in [-0.2, 0) is 0 Å². The SMILES string of the molecule is N#Cc1c(O)ccc([N+](=O)[O-])c1O. The maximum Gasteiger partial charge on any atom is 0.312 e. The minimum absolute atomic E-state index is 0.481. The van der Waals surface area contributed by atoms with E-state index in [2.05, 4.69) is 0 Å². The van der Waals surface area contributed by atoms with Gasteiger partial charge in [-0.2, -0.15) is 5.26 Å². The first kappa shape index (κ1) is 8.80. The summed E-state index contributed by atoms with van der Waals surface area (Å²) >= 11 is 0. The fraction of sp³-hybridized carbons (Fsp3) is 0. The third kappa shape index (κ3) is 1.35. The van der Waals surface area contributed by atoms with Crippen molar-refractivity contribution in [2.45, 2.75) is 0 Å². The second-order valence-electron chi connectivity index (χ2n) is 2.20. The highest BCUT2D eigenvalue weighted by Crippen LogP contribution is 2.34. The lowest BCUT2D eigenvalue weighted by Gasteiger charge is -1.99. The number of nitro groups is 1. The Bertz CT molecular complexity index is 408. The summed E-state index contributed by atoms with van der Waals surface area (Å²) < 4.78 is 0. The predicted octanol–water partition coefficient (Wildman–Crippen LogP) is 0.878. The molecule has 0 unspecified atom stereocenters. The van der Waals surface area contributed by atoms with Gasteiger partial charge in [-0.1, -0.05) is 0 Å². The Hall–Kier alpha value is -2.29. The number of phenolic OH excluding ortho intramolecular Hbond substituents is 2. The molecule has 1 rings (SSSR count). The average molecular weight is 180 g/mol. The molecular weight excluding hydrogens is 176 g/mol. The number of hydrogen-bond acceptors (Lipinski definition) is 5. The number of nitrogens with zero attached hydrogens (tertiary/aromatic N) is 2. The van der Waals surface area contributed by atoms with Gasteiger partial charge in [-0.05, 0) is 6.07 Å². The van der Waals surface area contributed by atoms with Crippen molar-refractivity contribution in [1.82, 2.24) is 0 Å². The van der Waals surface area contributed by atoms with Crippen LogP contribution in [0.1, 0.15) is 5.56 Å². The van der Waals surface area contributed by atoms with E-state index in [0.29, 0.717) is 0 Å². The van der Waals surface area contributed by atoms with Crippen LogP contribution in [0.3, 0.4) is 0 Å². The highest BCUT2D eigenvalue weighted by atomic mass is 16.6. The summed E-state index contributed by atoms with van der Waals surface area (Å²) in [6.07, 6.45) is 0. The highest BCUT2D eigenvalue weighted by molar-refractivity contribution is 5.61. The van der Waals surface area contributed by atoms with E-state index in [0.717, 1.165) is 12.1 Å². The monoisotopic (exact) mass is 180 g/mol. The molecule has 13 heavy (non-hydrogen) atoms. The number of nitro benzene ring substituents is 1. The third-order valence-corrected chi connectivity index (χ3v) is 1.44. The minimum Gasteiger partial charge on any atom is -0.506 e. The normalized spacial score (nSPS) is 9.15. The van der Waals surface area contributed by atoms with Crippen molar-refractivity contribution >= 4 is 5.69 Å². The van der Waals surface area contributed by atoms with E-state index in [1.54, 1.807) is 0 Å².